The minimum absolute atomic E-state index is 0.308. The molecule has 0 amide bonds. The second-order valence-electron chi connectivity index (χ2n) is 9.84. The van der Waals surface area contributed by atoms with E-state index in [2.05, 4.69) is 27.4 Å². The van der Waals surface area contributed by atoms with Crippen LogP contribution in [0, 0.1) is 5.82 Å². The van der Waals surface area contributed by atoms with Crippen LogP contribution in [-0.4, -0.2) is 39.1 Å². The van der Waals surface area contributed by atoms with Crippen molar-refractivity contribution in [1.82, 2.24) is 24.7 Å². The highest BCUT2D eigenvalue weighted by Crippen LogP contribution is 2.43. The van der Waals surface area contributed by atoms with E-state index in [1.165, 1.54) is 29.1 Å². The predicted molar refractivity (Wildman–Crippen MR) is 144 cm³/mol. The molecule has 9 heteroatoms. The van der Waals surface area contributed by atoms with Crippen molar-refractivity contribution in [2.75, 3.05) is 25.5 Å². The Morgan fingerprint density at radius 1 is 1.05 bits per heavy atom. The van der Waals surface area contributed by atoms with Gasteiger partial charge in [0.05, 0.1) is 23.6 Å². The normalized spacial score (nSPS) is 18.8. The summed E-state index contributed by atoms with van der Waals surface area (Å²) in [5.41, 5.74) is 11.0. The molecule has 0 spiro atoms. The largest absolute Gasteiger partial charge is 0.383 e. The van der Waals surface area contributed by atoms with Gasteiger partial charge in [-0.15, -0.1) is 11.3 Å². The summed E-state index contributed by atoms with van der Waals surface area (Å²) in [7, 11) is 0. The summed E-state index contributed by atoms with van der Waals surface area (Å²) in [4.78, 5) is 15.5. The van der Waals surface area contributed by atoms with Crippen molar-refractivity contribution in [3.05, 3.63) is 65.3 Å². The molecule has 5 aromatic rings. The Balaban J connectivity index is 1.34. The Labute approximate surface area is 217 Å². The molecule has 2 fully saturated rings. The van der Waals surface area contributed by atoms with Crippen molar-refractivity contribution in [1.29, 1.82) is 0 Å². The van der Waals surface area contributed by atoms with Crippen LogP contribution in [0.15, 0.2) is 48.9 Å². The van der Waals surface area contributed by atoms with E-state index in [4.69, 9.17) is 15.5 Å². The zero-order chi connectivity index (χ0) is 24.9. The molecule has 2 aliphatic heterocycles. The quantitative estimate of drug-likeness (QED) is 0.319. The third-order valence-corrected chi connectivity index (χ3v) is 8.85. The summed E-state index contributed by atoms with van der Waals surface area (Å²) in [6.07, 6.45) is 9.67. The van der Waals surface area contributed by atoms with Crippen LogP contribution in [0.2, 0.25) is 0 Å². The van der Waals surface area contributed by atoms with E-state index in [0.29, 0.717) is 23.4 Å². The van der Waals surface area contributed by atoms with Gasteiger partial charge in [-0.25, -0.2) is 19.3 Å². The van der Waals surface area contributed by atoms with E-state index in [-0.39, 0.29) is 5.82 Å². The number of nitrogens with one attached hydrogen (secondary N) is 1. The van der Waals surface area contributed by atoms with E-state index in [1.807, 2.05) is 16.7 Å². The molecule has 0 aliphatic carbocycles. The molecular weight excluding hydrogens is 487 g/mol. The van der Waals surface area contributed by atoms with Crippen LogP contribution in [0.4, 0.5) is 10.2 Å². The molecule has 7 rings (SSSR count). The number of fused-ring (bicyclic) bond motifs is 2. The third kappa shape index (κ3) is 3.98. The molecule has 3 N–H and O–H groups in total. The Kier molecular flexibility index (Phi) is 5.64. The maximum Gasteiger partial charge on any atom is 0.140 e. The van der Waals surface area contributed by atoms with Gasteiger partial charge in [0.15, 0.2) is 0 Å². The average molecular weight is 515 g/mol. The maximum atomic E-state index is 13.7. The number of anilines is 1. The van der Waals surface area contributed by atoms with E-state index in [0.717, 1.165) is 71.6 Å². The fourth-order valence-electron chi connectivity index (χ4n) is 5.64. The number of thiazole rings is 1. The molecule has 188 valence electrons. The number of nitrogen functional groups attached to an aromatic ring is 1. The van der Waals surface area contributed by atoms with Crippen LogP contribution in [0.3, 0.4) is 0 Å². The van der Waals surface area contributed by atoms with Gasteiger partial charge in [0, 0.05) is 53.1 Å². The summed E-state index contributed by atoms with van der Waals surface area (Å²) in [6, 6.07) is 9.35. The number of pyridine rings is 2. The smallest absolute Gasteiger partial charge is 0.140 e. The van der Waals surface area contributed by atoms with E-state index in [1.54, 1.807) is 23.7 Å². The zero-order valence-corrected chi connectivity index (χ0v) is 21.1. The highest BCUT2D eigenvalue weighted by atomic mass is 32.1. The van der Waals surface area contributed by atoms with Crippen LogP contribution >= 0.6 is 11.3 Å². The first-order valence-electron chi connectivity index (χ1n) is 12.8. The maximum absolute atomic E-state index is 13.7. The molecule has 2 aliphatic rings. The van der Waals surface area contributed by atoms with Gasteiger partial charge < -0.3 is 15.8 Å². The van der Waals surface area contributed by atoms with Gasteiger partial charge in [-0.05, 0) is 55.7 Å². The van der Waals surface area contributed by atoms with Gasteiger partial charge in [-0.1, -0.05) is 12.1 Å². The highest BCUT2D eigenvalue weighted by molar-refractivity contribution is 7.15. The first-order chi connectivity index (χ1) is 18.2. The van der Waals surface area contributed by atoms with Crippen molar-refractivity contribution < 1.29 is 9.13 Å². The van der Waals surface area contributed by atoms with Gasteiger partial charge in [0.2, 0.25) is 0 Å². The molecule has 1 atom stereocenters. The first kappa shape index (κ1) is 22.8. The van der Waals surface area contributed by atoms with Crippen molar-refractivity contribution in [3.63, 3.8) is 0 Å². The zero-order valence-electron chi connectivity index (χ0n) is 20.3. The summed E-state index contributed by atoms with van der Waals surface area (Å²) in [6.45, 7) is 2.65. The lowest BCUT2D eigenvalue weighted by molar-refractivity contribution is 0.0857. The second-order valence-corrected chi connectivity index (χ2v) is 10.9. The molecular formula is C28H27FN6OS. The van der Waals surface area contributed by atoms with Gasteiger partial charge in [0.25, 0.3) is 0 Å². The first-order valence-corrected chi connectivity index (χ1v) is 13.6. The molecule has 0 saturated carbocycles. The van der Waals surface area contributed by atoms with Crippen LogP contribution in [0.1, 0.15) is 48.2 Å². The summed E-state index contributed by atoms with van der Waals surface area (Å²) in [5.74, 6) is 0.647. The topological polar surface area (TPSA) is 90.4 Å². The number of benzene rings is 1. The Morgan fingerprint density at radius 3 is 2.78 bits per heavy atom. The van der Waals surface area contributed by atoms with E-state index >= 15 is 0 Å². The molecule has 4 aromatic heterocycles. The van der Waals surface area contributed by atoms with E-state index in [9.17, 15) is 4.39 Å². The standard InChI is InChI=1S/C28H27FN6OS/c29-18-5-9-35-23(15-32-24(35)13-18)17-3-4-19-20(12-17)27(30)33-14-21(19)28-34-25(22-2-1-8-31-22)26(37-28)16-6-10-36-11-7-16/h3-5,9,12-16,22,31H,1-2,6-8,10-11H2,(H2,30,33)/t22-/m0/s1. The highest BCUT2D eigenvalue weighted by Gasteiger charge is 2.29. The number of hydrogen-bond donors (Lipinski definition) is 2. The summed E-state index contributed by atoms with van der Waals surface area (Å²) < 4.78 is 21.2. The number of aromatic nitrogens is 4. The minimum Gasteiger partial charge on any atom is -0.383 e. The minimum atomic E-state index is -0.308. The summed E-state index contributed by atoms with van der Waals surface area (Å²) >= 11 is 1.79. The van der Waals surface area contributed by atoms with Gasteiger partial charge in [-0.3, -0.25) is 4.40 Å². The van der Waals surface area contributed by atoms with Crippen LogP contribution in [0.5, 0.6) is 0 Å². The lowest BCUT2D eigenvalue weighted by Gasteiger charge is -2.23. The SMILES string of the molecule is Nc1ncc(-c2nc([C@@H]3CCCN3)c(C3CCOCC3)s2)c2ccc(-c3cnc4cc(F)ccn34)cc12. The molecule has 0 bridgehead atoms. The third-order valence-electron chi connectivity index (χ3n) is 7.58. The lowest BCUT2D eigenvalue weighted by atomic mass is 9.95. The van der Waals surface area contributed by atoms with Crippen molar-refractivity contribution in [3.8, 4) is 21.8 Å². The lowest BCUT2D eigenvalue weighted by Crippen LogP contribution is -2.18. The number of rotatable bonds is 4. The summed E-state index contributed by atoms with van der Waals surface area (Å²) in [5, 5.41) is 6.53. The number of nitrogens with two attached hydrogens (primary N) is 1. The number of hydrogen-bond acceptors (Lipinski definition) is 7. The van der Waals surface area contributed by atoms with Crippen LogP contribution in [-0.2, 0) is 4.74 Å². The molecule has 0 radical (unpaired) electrons. The number of ether oxygens (including phenoxy) is 1. The van der Waals surface area contributed by atoms with Crippen molar-refractivity contribution in [2.24, 2.45) is 0 Å². The number of nitrogens with zero attached hydrogens (tertiary/aromatic N) is 4. The molecule has 2 saturated heterocycles. The molecule has 1 aromatic carbocycles. The second kappa shape index (κ2) is 9.16. The van der Waals surface area contributed by atoms with Crippen molar-refractivity contribution >= 4 is 33.6 Å². The van der Waals surface area contributed by atoms with Crippen LogP contribution in [0.25, 0.3) is 38.2 Å². The monoisotopic (exact) mass is 514 g/mol. The Bertz CT molecular complexity index is 1620. The van der Waals surface area contributed by atoms with Crippen molar-refractivity contribution in [2.45, 2.75) is 37.6 Å². The fourth-order valence-corrected chi connectivity index (χ4v) is 6.96. The van der Waals surface area contributed by atoms with Gasteiger partial charge >= 0.3 is 0 Å². The molecule has 6 heterocycles. The fraction of sp³-hybridized carbons (Fsp3) is 0.321. The van der Waals surface area contributed by atoms with Crippen LogP contribution < -0.4 is 11.1 Å². The van der Waals surface area contributed by atoms with Gasteiger partial charge in [-0.2, -0.15) is 0 Å². The molecule has 0 unspecified atom stereocenters. The molecule has 37 heavy (non-hydrogen) atoms. The molecule has 7 nitrogen and oxygen atoms in total. The average Bonchev–Trinajstić information content (AvgIpc) is 3.69. The number of imidazole rings is 1. The Hall–Kier alpha value is -3.40. The Morgan fingerprint density at radius 2 is 1.95 bits per heavy atom. The van der Waals surface area contributed by atoms with Gasteiger partial charge in [0.1, 0.15) is 22.3 Å². The number of halogens is 1. The van der Waals surface area contributed by atoms with E-state index < -0.39 is 0 Å². The predicted octanol–water partition coefficient (Wildman–Crippen LogP) is 5.71.